The zero-order valence-corrected chi connectivity index (χ0v) is 15.4. The Kier molecular flexibility index (Phi) is 4.87. The molecule has 6 nitrogen and oxygen atoms in total. The van der Waals surface area contributed by atoms with Crippen LogP contribution in [0.3, 0.4) is 0 Å². The number of pyridine rings is 1. The first-order chi connectivity index (χ1) is 13.2. The molecule has 1 aliphatic heterocycles. The van der Waals surface area contributed by atoms with Crippen molar-refractivity contribution in [1.29, 1.82) is 0 Å². The van der Waals surface area contributed by atoms with Crippen molar-refractivity contribution in [2.45, 2.75) is 25.8 Å². The maximum absolute atomic E-state index is 12.5. The highest BCUT2D eigenvalue weighted by Crippen LogP contribution is 2.23. The SMILES string of the molecule is Cc1cccc(C(=O)N[C@@H]2CCCN(c3cc(-c4ccncc4)[nH]n3)C2)c1. The molecular weight excluding hydrogens is 338 g/mol. The Labute approximate surface area is 158 Å². The van der Waals surface area contributed by atoms with E-state index in [0.717, 1.165) is 48.6 Å². The summed E-state index contributed by atoms with van der Waals surface area (Å²) in [6, 6.07) is 13.8. The molecule has 2 N–H and O–H groups in total. The molecular formula is C21H23N5O. The fraction of sp³-hybridized carbons (Fsp3) is 0.286. The number of rotatable bonds is 4. The lowest BCUT2D eigenvalue weighted by Crippen LogP contribution is -2.48. The zero-order chi connectivity index (χ0) is 18.6. The number of hydrogen-bond acceptors (Lipinski definition) is 4. The van der Waals surface area contributed by atoms with E-state index in [9.17, 15) is 4.79 Å². The minimum Gasteiger partial charge on any atom is -0.353 e. The van der Waals surface area contributed by atoms with E-state index in [1.807, 2.05) is 43.3 Å². The molecule has 0 radical (unpaired) electrons. The minimum atomic E-state index is -0.00921. The third kappa shape index (κ3) is 4.00. The van der Waals surface area contributed by atoms with Gasteiger partial charge in [0.05, 0.1) is 5.69 Å². The molecule has 1 saturated heterocycles. The second-order valence-corrected chi connectivity index (χ2v) is 7.00. The van der Waals surface area contributed by atoms with Crippen LogP contribution in [-0.2, 0) is 0 Å². The number of amides is 1. The Hall–Kier alpha value is -3.15. The van der Waals surface area contributed by atoms with E-state index in [2.05, 4.69) is 31.5 Å². The number of aromatic nitrogens is 3. The molecule has 3 heterocycles. The second-order valence-electron chi connectivity index (χ2n) is 7.00. The number of carbonyl (C=O) groups is 1. The molecule has 138 valence electrons. The number of H-pyrrole nitrogens is 1. The van der Waals surface area contributed by atoms with E-state index >= 15 is 0 Å². The molecule has 4 rings (SSSR count). The highest BCUT2D eigenvalue weighted by atomic mass is 16.1. The predicted octanol–water partition coefficient (Wildman–Crippen LogP) is 3.18. The predicted molar refractivity (Wildman–Crippen MR) is 106 cm³/mol. The number of aryl methyl sites for hydroxylation is 1. The Morgan fingerprint density at radius 2 is 2.07 bits per heavy atom. The van der Waals surface area contributed by atoms with E-state index in [1.54, 1.807) is 12.4 Å². The molecule has 0 bridgehead atoms. The largest absolute Gasteiger partial charge is 0.353 e. The van der Waals surface area contributed by atoms with Gasteiger partial charge in [-0.2, -0.15) is 5.10 Å². The molecule has 2 aromatic heterocycles. The van der Waals surface area contributed by atoms with Crippen LogP contribution in [0.2, 0.25) is 0 Å². The summed E-state index contributed by atoms with van der Waals surface area (Å²) in [6.45, 7) is 3.70. The van der Waals surface area contributed by atoms with Crippen molar-refractivity contribution in [1.82, 2.24) is 20.5 Å². The molecule has 1 atom stereocenters. The molecule has 1 aromatic carbocycles. The summed E-state index contributed by atoms with van der Waals surface area (Å²) in [5, 5.41) is 10.7. The Bertz CT molecular complexity index is 921. The minimum absolute atomic E-state index is 0.00921. The fourth-order valence-electron chi connectivity index (χ4n) is 3.51. The Morgan fingerprint density at radius 3 is 2.89 bits per heavy atom. The quantitative estimate of drug-likeness (QED) is 0.748. The van der Waals surface area contributed by atoms with Crippen LogP contribution < -0.4 is 10.2 Å². The van der Waals surface area contributed by atoms with Gasteiger partial charge in [0, 0.05) is 48.7 Å². The van der Waals surface area contributed by atoms with Gasteiger partial charge < -0.3 is 10.2 Å². The summed E-state index contributed by atoms with van der Waals surface area (Å²) in [4.78, 5) is 18.8. The number of piperidine rings is 1. The summed E-state index contributed by atoms with van der Waals surface area (Å²) in [7, 11) is 0. The van der Waals surface area contributed by atoms with Crippen molar-refractivity contribution < 1.29 is 4.79 Å². The highest BCUT2D eigenvalue weighted by molar-refractivity contribution is 5.94. The summed E-state index contributed by atoms with van der Waals surface area (Å²) >= 11 is 0. The molecule has 6 heteroatoms. The van der Waals surface area contributed by atoms with Crippen LogP contribution >= 0.6 is 0 Å². The number of benzene rings is 1. The van der Waals surface area contributed by atoms with Crippen LogP contribution in [0, 0.1) is 6.92 Å². The third-order valence-electron chi connectivity index (χ3n) is 4.92. The molecule has 1 fully saturated rings. The monoisotopic (exact) mass is 361 g/mol. The molecule has 1 aliphatic rings. The van der Waals surface area contributed by atoms with Gasteiger partial charge >= 0.3 is 0 Å². The van der Waals surface area contributed by atoms with Gasteiger partial charge in [0.1, 0.15) is 0 Å². The van der Waals surface area contributed by atoms with Gasteiger partial charge in [0.25, 0.3) is 5.91 Å². The molecule has 27 heavy (non-hydrogen) atoms. The first kappa shape index (κ1) is 17.3. The molecule has 3 aromatic rings. The van der Waals surface area contributed by atoms with E-state index in [-0.39, 0.29) is 11.9 Å². The molecule has 0 spiro atoms. The van der Waals surface area contributed by atoms with Crippen LogP contribution in [-0.4, -0.2) is 40.2 Å². The van der Waals surface area contributed by atoms with E-state index < -0.39 is 0 Å². The first-order valence-corrected chi connectivity index (χ1v) is 9.27. The number of nitrogens with zero attached hydrogens (tertiary/aromatic N) is 3. The second kappa shape index (κ2) is 7.61. The summed E-state index contributed by atoms with van der Waals surface area (Å²) in [6.07, 6.45) is 5.55. The van der Waals surface area contributed by atoms with Gasteiger partial charge in [-0.3, -0.25) is 14.9 Å². The number of nitrogens with one attached hydrogen (secondary N) is 2. The van der Waals surface area contributed by atoms with Gasteiger partial charge in [0.2, 0.25) is 0 Å². The van der Waals surface area contributed by atoms with Gasteiger partial charge in [-0.1, -0.05) is 17.7 Å². The fourth-order valence-corrected chi connectivity index (χ4v) is 3.51. The number of hydrogen-bond donors (Lipinski definition) is 2. The smallest absolute Gasteiger partial charge is 0.251 e. The van der Waals surface area contributed by atoms with Crippen molar-refractivity contribution in [2.24, 2.45) is 0 Å². The topological polar surface area (TPSA) is 73.9 Å². The van der Waals surface area contributed by atoms with Crippen molar-refractivity contribution >= 4 is 11.7 Å². The zero-order valence-electron chi connectivity index (χ0n) is 15.4. The molecule has 0 aliphatic carbocycles. The maximum atomic E-state index is 12.5. The van der Waals surface area contributed by atoms with Gasteiger partial charge in [0.15, 0.2) is 5.82 Å². The lowest BCUT2D eigenvalue weighted by Gasteiger charge is -2.33. The average Bonchev–Trinajstić information content (AvgIpc) is 3.19. The average molecular weight is 361 g/mol. The molecule has 1 amide bonds. The standard InChI is InChI=1S/C21H23N5O/c1-15-4-2-5-17(12-15)21(27)23-18-6-3-11-26(14-18)20-13-19(24-25-20)16-7-9-22-10-8-16/h2,4-5,7-10,12-13,18H,3,6,11,14H2,1H3,(H,23,27)(H,24,25)/t18-/m1/s1. The van der Waals surface area contributed by atoms with Crippen LogP contribution in [0.5, 0.6) is 0 Å². The van der Waals surface area contributed by atoms with Crippen molar-refractivity contribution in [3.8, 4) is 11.3 Å². The first-order valence-electron chi connectivity index (χ1n) is 9.27. The van der Waals surface area contributed by atoms with E-state index in [1.165, 1.54) is 0 Å². The number of carbonyl (C=O) groups excluding carboxylic acids is 1. The summed E-state index contributed by atoms with van der Waals surface area (Å²) in [5.74, 6) is 0.904. The molecule has 0 unspecified atom stereocenters. The van der Waals surface area contributed by atoms with Crippen molar-refractivity contribution in [3.05, 3.63) is 66.0 Å². The highest BCUT2D eigenvalue weighted by Gasteiger charge is 2.23. The maximum Gasteiger partial charge on any atom is 0.251 e. The van der Waals surface area contributed by atoms with Crippen molar-refractivity contribution in [3.63, 3.8) is 0 Å². The normalized spacial score (nSPS) is 16.9. The Morgan fingerprint density at radius 1 is 1.22 bits per heavy atom. The van der Waals surface area contributed by atoms with Gasteiger partial charge in [-0.25, -0.2) is 0 Å². The number of aromatic amines is 1. The summed E-state index contributed by atoms with van der Waals surface area (Å²) < 4.78 is 0. The molecule has 0 saturated carbocycles. The van der Waals surface area contributed by atoms with Crippen LogP contribution in [0.1, 0.15) is 28.8 Å². The third-order valence-corrected chi connectivity index (χ3v) is 4.92. The van der Waals surface area contributed by atoms with Gasteiger partial charge in [-0.15, -0.1) is 0 Å². The number of anilines is 1. The summed E-state index contributed by atoms with van der Waals surface area (Å²) in [5.41, 5.74) is 3.84. The lowest BCUT2D eigenvalue weighted by atomic mass is 10.0. The Balaban J connectivity index is 1.42. The van der Waals surface area contributed by atoms with Crippen LogP contribution in [0.25, 0.3) is 11.3 Å². The lowest BCUT2D eigenvalue weighted by molar-refractivity contribution is 0.0933. The van der Waals surface area contributed by atoms with Gasteiger partial charge in [-0.05, 0) is 44.0 Å². The van der Waals surface area contributed by atoms with E-state index in [0.29, 0.717) is 5.56 Å². The van der Waals surface area contributed by atoms with E-state index in [4.69, 9.17) is 0 Å². The van der Waals surface area contributed by atoms with Crippen LogP contribution in [0.15, 0.2) is 54.9 Å². The van der Waals surface area contributed by atoms with Crippen molar-refractivity contribution in [2.75, 3.05) is 18.0 Å². The van der Waals surface area contributed by atoms with Crippen LogP contribution in [0.4, 0.5) is 5.82 Å².